The van der Waals surface area contributed by atoms with E-state index in [0.717, 1.165) is 4.31 Å². The lowest BCUT2D eigenvalue weighted by Gasteiger charge is -2.19. The number of sulfonamides is 1. The molecule has 0 bridgehead atoms. The first-order valence-electron chi connectivity index (χ1n) is 10.4. The lowest BCUT2D eigenvalue weighted by molar-refractivity contribution is 0.0955. The Bertz CT molecular complexity index is 1330. The van der Waals surface area contributed by atoms with E-state index >= 15 is 0 Å². The molecule has 0 atom stereocenters. The number of halogens is 1. The van der Waals surface area contributed by atoms with Gasteiger partial charge >= 0.3 is 0 Å². The van der Waals surface area contributed by atoms with E-state index < -0.39 is 15.9 Å². The molecule has 0 radical (unpaired) electrons. The fraction of sp³-hybridized carbons (Fsp3) is 0.120. The number of carbonyl (C=O) groups is 1. The molecule has 0 saturated heterocycles. The van der Waals surface area contributed by atoms with Gasteiger partial charge in [-0.25, -0.2) is 13.8 Å². The van der Waals surface area contributed by atoms with Crippen LogP contribution in [0.15, 0.2) is 93.9 Å². The van der Waals surface area contributed by atoms with Crippen LogP contribution in [0.5, 0.6) is 11.5 Å². The van der Waals surface area contributed by atoms with Gasteiger partial charge in [0.25, 0.3) is 15.9 Å². The molecular formula is C25H24BrN3O5S. The van der Waals surface area contributed by atoms with Crippen molar-refractivity contribution >= 4 is 43.8 Å². The molecule has 3 rings (SSSR count). The molecule has 0 spiro atoms. The molecule has 1 amide bonds. The van der Waals surface area contributed by atoms with Gasteiger partial charge in [-0.15, -0.1) is 0 Å². The van der Waals surface area contributed by atoms with Gasteiger partial charge in [0.1, 0.15) is 6.61 Å². The second-order valence-electron chi connectivity index (χ2n) is 7.17. The normalized spacial score (nSPS) is 11.2. The molecule has 0 heterocycles. The van der Waals surface area contributed by atoms with E-state index in [1.54, 1.807) is 48.5 Å². The maximum atomic E-state index is 12.8. The Labute approximate surface area is 213 Å². The monoisotopic (exact) mass is 557 g/mol. The number of methoxy groups -OCH3 is 1. The maximum Gasteiger partial charge on any atom is 0.271 e. The number of hydrogen-bond acceptors (Lipinski definition) is 6. The van der Waals surface area contributed by atoms with Gasteiger partial charge in [0.05, 0.1) is 28.4 Å². The Morgan fingerprint density at radius 2 is 1.83 bits per heavy atom. The molecule has 0 aromatic heterocycles. The van der Waals surface area contributed by atoms with Crippen LogP contribution in [0.2, 0.25) is 0 Å². The van der Waals surface area contributed by atoms with Crippen LogP contribution in [0.4, 0.5) is 5.69 Å². The average Bonchev–Trinajstić information content (AvgIpc) is 2.87. The van der Waals surface area contributed by atoms with Crippen LogP contribution >= 0.6 is 15.9 Å². The van der Waals surface area contributed by atoms with Crippen LogP contribution in [-0.4, -0.2) is 41.3 Å². The van der Waals surface area contributed by atoms with Crippen molar-refractivity contribution in [3.8, 4) is 11.5 Å². The van der Waals surface area contributed by atoms with E-state index in [1.165, 1.54) is 44.6 Å². The van der Waals surface area contributed by atoms with Crippen molar-refractivity contribution in [3.05, 3.63) is 95.0 Å². The van der Waals surface area contributed by atoms with E-state index in [-0.39, 0.29) is 4.90 Å². The van der Waals surface area contributed by atoms with Crippen molar-refractivity contribution in [2.24, 2.45) is 5.10 Å². The van der Waals surface area contributed by atoms with Crippen molar-refractivity contribution < 1.29 is 22.7 Å². The van der Waals surface area contributed by atoms with Crippen molar-refractivity contribution in [3.63, 3.8) is 0 Å². The van der Waals surface area contributed by atoms with Crippen molar-refractivity contribution in [1.82, 2.24) is 5.43 Å². The first-order valence-corrected chi connectivity index (χ1v) is 12.6. The molecule has 35 heavy (non-hydrogen) atoms. The smallest absolute Gasteiger partial charge is 0.271 e. The number of anilines is 1. The highest BCUT2D eigenvalue weighted by Gasteiger charge is 2.21. The van der Waals surface area contributed by atoms with Gasteiger partial charge in [-0.1, -0.05) is 30.9 Å². The van der Waals surface area contributed by atoms with Gasteiger partial charge in [-0.3, -0.25) is 9.10 Å². The molecule has 0 aliphatic heterocycles. The maximum absolute atomic E-state index is 12.8. The topological polar surface area (TPSA) is 97.3 Å². The molecule has 0 fully saturated rings. The summed E-state index contributed by atoms with van der Waals surface area (Å²) in [6.45, 7) is 3.95. The number of hydrogen-bond donors (Lipinski definition) is 1. The Morgan fingerprint density at radius 3 is 2.46 bits per heavy atom. The van der Waals surface area contributed by atoms with Gasteiger partial charge in [0.15, 0.2) is 11.5 Å². The van der Waals surface area contributed by atoms with Crippen LogP contribution in [0, 0.1) is 0 Å². The molecule has 182 valence electrons. The standard InChI is InChI=1S/C25H24BrN3O5S/c1-4-14-34-24-22(26)15-18(16-23(24)33-3)17-27-28-25(30)19-10-12-20(13-11-19)29(2)35(31,32)21-8-6-5-7-9-21/h4-13,15-17H,1,14H2,2-3H3,(H,28,30)/b27-17+. The summed E-state index contributed by atoms with van der Waals surface area (Å²) in [6.07, 6.45) is 3.10. The summed E-state index contributed by atoms with van der Waals surface area (Å²) < 4.78 is 38.3. The molecular weight excluding hydrogens is 534 g/mol. The zero-order chi connectivity index (χ0) is 25.4. The molecule has 1 N–H and O–H groups in total. The molecule has 3 aromatic rings. The van der Waals surface area contributed by atoms with Crippen molar-refractivity contribution in [1.29, 1.82) is 0 Å². The fourth-order valence-corrected chi connectivity index (χ4v) is 4.83. The minimum Gasteiger partial charge on any atom is -0.493 e. The van der Waals surface area contributed by atoms with Gasteiger partial charge in [0, 0.05) is 12.6 Å². The summed E-state index contributed by atoms with van der Waals surface area (Å²) in [5.74, 6) is 0.588. The number of nitrogens with zero attached hydrogens (tertiary/aromatic N) is 2. The van der Waals surface area contributed by atoms with Gasteiger partial charge < -0.3 is 9.47 Å². The lowest BCUT2D eigenvalue weighted by Crippen LogP contribution is -2.26. The SMILES string of the molecule is C=CCOc1c(Br)cc(/C=N/NC(=O)c2ccc(N(C)S(=O)(=O)c3ccccc3)cc2)cc1OC. The fourth-order valence-electron chi connectivity index (χ4n) is 3.04. The highest BCUT2D eigenvalue weighted by molar-refractivity contribution is 9.10. The molecule has 0 aliphatic carbocycles. The number of rotatable bonds is 10. The number of hydrazone groups is 1. The highest BCUT2D eigenvalue weighted by Crippen LogP contribution is 2.36. The molecule has 0 saturated carbocycles. The summed E-state index contributed by atoms with van der Waals surface area (Å²) in [5.41, 5.74) is 3.87. The van der Waals surface area contributed by atoms with Gasteiger partial charge in [-0.2, -0.15) is 5.10 Å². The molecule has 8 nitrogen and oxygen atoms in total. The second kappa shape index (κ2) is 11.7. The summed E-state index contributed by atoms with van der Waals surface area (Å²) >= 11 is 3.44. The van der Waals surface area contributed by atoms with Crippen LogP contribution in [-0.2, 0) is 10.0 Å². The number of amides is 1. The average molecular weight is 558 g/mol. The number of ether oxygens (including phenoxy) is 2. The predicted octanol–water partition coefficient (Wildman–Crippen LogP) is 4.61. The van der Waals surface area contributed by atoms with E-state index in [2.05, 4.69) is 33.0 Å². The third kappa shape index (κ3) is 6.28. The zero-order valence-electron chi connectivity index (χ0n) is 19.1. The minimum atomic E-state index is -3.71. The Kier molecular flexibility index (Phi) is 8.67. The summed E-state index contributed by atoms with van der Waals surface area (Å²) in [6, 6.07) is 17.8. The third-order valence-corrected chi connectivity index (χ3v) is 7.26. The van der Waals surface area contributed by atoms with E-state index in [9.17, 15) is 13.2 Å². The molecule has 3 aromatic carbocycles. The van der Waals surface area contributed by atoms with E-state index in [4.69, 9.17) is 9.47 Å². The Hall–Kier alpha value is -3.63. The summed E-state index contributed by atoms with van der Waals surface area (Å²) in [4.78, 5) is 12.7. The first kappa shape index (κ1) is 26.0. The van der Waals surface area contributed by atoms with Crippen LogP contribution in [0.1, 0.15) is 15.9 Å². The summed E-state index contributed by atoms with van der Waals surface area (Å²) in [5, 5.41) is 4.00. The third-order valence-electron chi connectivity index (χ3n) is 4.87. The number of nitrogens with one attached hydrogen (secondary N) is 1. The number of carbonyl (C=O) groups excluding carboxylic acids is 1. The Balaban J connectivity index is 1.68. The highest BCUT2D eigenvalue weighted by atomic mass is 79.9. The lowest BCUT2D eigenvalue weighted by atomic mass is 10.2. The van der Waals surface area contributed by atoms with Crippen molar-refractivity contribution in [2.45, 2.75) is 4.90 Å². The quantitative estimate of drug-likeness (QED) is 0.223. The van der Waals surface area contributed by atoms with Gasteiger partial charge in [-0.05, 0) is 70.0 Å². The Morgan fingerprint density at radius 1 is 1.14 bits per heavy atom. The van der Waals surface area contributed by atoms with Crippen LogP contribution in [0.25, 0.3) is 0 Å². The second-order valence-corrected chi connectivity index (χ2v) is 9.99. The summed E-state index contributed by atoms with van der Waals surface area (Å²) in [7, 11) is -0.721. The van der Waals surface area contributed by atoms with Crippen LogP contribution < -0.4 is 19.2 Å². The first-order chi connectivity index (χ1) is 16.8. The molecule has 10 heteroatoms. The van der Waals surface area contributed by atoms with Crippen molar-refractivity contribution in [2.75, 3.05) is 25.1 Å². The van der Waals surface area contributed by atoms with E-state index in [0.29, 0.717) is 39.4 Å². The largest absolute Gasteiger partial charge is 0.493 e. The predicted molar refractivity (Wildman–Crippen MR) is 140 cm³/mol. The number of benzene rings is 3. The van der Waals surface area contributed by atoms with Crippen LogP contribution in [0.3, 0.4) is 0 Å². The minimum absolute atomic E-state index is 0.183. The molecule has 0 aliphatic rings. The van der Waals surface area contributed by atoms with Gasteiger partial charge in [0.2, 0.25) is 0 Å². The zero-order valence-corrected chi connectivity index (χ0v) is 21.5. The van der Waals surface area contributed by atoms with E-state index in [1.807, 2.05) is 0 Å². The molecule has 0 unspecified atom stereocenters.